The number of carbonyl (C=O) groups is 1. The molecule has 2 heterocycles. The normalized spacial score (nSPS) is 26.0. The van der Waals surface area contributed by atoms with Crippen LogP contribution in [-0.2, 0) is 11.0 Å². The fourth-order valence-electron chi connectivity index (χ4n) is 3.44. The summed E-state index contributed by atoms with van der Waals surface area (Å²) in [5, 5.41) is 14.0. The molecule has 0 aromatic heterocycles. The maximum absolute atomic E-state index is 13.3. The molecule has 0 spiro atoms. The van der Waals surface area contributed by atoms with Gasteiger partial charge in [-0.3, -0.25) is 4.79 Å². The Bertz CT molecular complexity index is 753. The highest BCUT2D eigenvalue weighted by molar-refractivity contribution is 8.28. The van der Waals surface area contributed by atoms with E-state index in [1.807, 2.05) is 5.01 Å². The molecule has 1 unspecified atom stereocenters. The highest BCUT2D eigenvalue weighted by Crippen LogP contribution is 2.48. The molecule has 142 valence electrons. The van der Waals surface area contributed by atoms with E-state index in [4.69, 9.17) is 5.26 Å². The van der Waals surface area contributed by atoms with Crippen LogP contribution in [0.1, 0.15) is 37.8 Å². The van der Waals surface area contributed by atoms with Crippen LogP contribution in [-0.4, -0.2) is 34.8 Å². The number of nitriles is 1. The van der Waals surface area contributed by atoms with Crippen molar-refractivity contribution in [1.82, 2.24) is 15.2 Å². The van der Waals surface area contributed by atoms with Crippen molar-refractivity contribution in [2.75, 3.05) is 13.1 Å². The lowest BCUT2D eigenvalue weighted by Crippen LogP contribution is -2.55. The average Bonchev–Trinajstić information content (AvgIpc) is 2.84. The molecule has 2 saturated heterocycles. The molecule has 2 N–H and O–H groups in total. The number of hydrogen-bond acceptors (Lipinski definition) is 5. The summed E-state index contributed by atoms with van der Waals surface area (Å²) in [5.41, 5.74) is -2.22. The molecule has 0 radical (unpaired) electrons. The molecule has 1 aromatic rings. The van der Waals surface area contributed by atoms with Crippen molar-refractivity contribution in [3.05, 3.63) is 29.3 Å². The molecule has 26 heavy (non-hydrogen) atoms. The molecule has 0 bridgehead atoms. The third-order valence-corrected chi connectivity index (χ3v) is 7.06. The Balaban J connectivity index is 1.95. The SMILES string of the molecule is CC1(C)C(=O)[SH](c2ccc(C#N)c(C(F)(F)F)c2)NN1C1CCNCC1. The summed E-state index contributed by atoms with van der Waals surface area (Å²) in [6.07, 6.45) is -2.90. The smallest absolute Gasteiger partial charge is 0.317 e. The Morgan fingerprint density at radius 2 is 1.96 bits per heavy atom. The molecule has 2 fully saturated rings. The number of halogens is 3. The first-order valence-electron chi connectivity index (χ1n) is 8.38. The van der Waals surface area contributed by atoms with Crippen LogP contribution in [0, 0.1) is 11.3 Å². The van der Waals surface area contributed by atoms with Gasteiger partial charge in [0.2, 0.25) is 5.12 Å². The highest BCUT2D eigenvalue weighted by Gasteiger charge is 2.49. The Morgan fingerprint density at radius 3 is 2.54 bits per heavy atom. The van der Waals surface area contributed by atoms with Gasteiger partial charge >= 0.3 is 6.18 Å². The maximum Gasteiger partial charge on any atom is 0.417 e. The van der Waals surface area contributed by atoms with Gasteiger partial charge in [0.25, 0.3) is 0 Å². The van der Waals surface area contributed by atoms with Gasteiger partial charge in [0.1, 0.15) is 0 Å². The molecular formula is C17H21F3N4OS. The van der Waals surface area contributed by atoms with Crippen molar-refractivity contribution in [2.45, 2.75) is 49.3 Å². The standard InChI is InChI=1S/C17H21F3N4OS/c1-16(2)15(25)26(23-24(16)12-5-7-22-8-6-12)13-4-3-11(10-21)14(9-13)17(18,19)20/h3-4,9,12,22-23,26H,5-8H2,1-2H3. The molecule has 2 aliphatic heterocycles. The van der Waals surface area contributed by atoms with Crippen LogP contribution in [0.15, 0.2) is 23.1 Å². The molecular weight excluding hydrogens is 365 g/mol. The highest BCUT2D eigenvalue weighted by atomic mass is 32.2. The number of benzene rings is 1. The summed E-state index contributed by atoms with van der Waals surface area (Å²) >= 11 is -1.63. The zero-order valence-corrected chi connectivity index (χ0v) is 15.4. The van der Waals surface area contributed by atoms with Gasteiger partial charge in [-0.25, -0.2) is 9.84 Å². The van der Waals surface area contributed by atoms with Crippen LogP contribution in [0.25, 0.3) is 0 Å². The summed E-state index contributed by atoms with van der Waals surface area (Å²) in [5.74, 6) is 0. The van der Waals surface area contributed by atoms with E-state index in [1.165, 1.54) is 6.07 Å². The maximum atomic E-state index is 13.3. The van der Waals surface area contributed by atoms with E-state index >= 15 is 0 Å². The van der Waals surface area contributed by atoms with E-state index in [0.29, 0.717) is 4.90 Å². The molecule has 1 aromatic carbocycles. The first-order chi connectivity index (χ1) is 12.2. The summed E-state index contributed by atoms with van der Waals surface area (Å²) in [6.45, 7) is 5.31. The van der Waals surface area contributed by atoms with Crippen molar-refractivity contribution in [2.24, 2.45) is 0 Å². The van der Waals surface area contributed by atoms with E-state index in [1.54, 1.807) is 19.9 Å². The van der Waals surface area contributed by atoms with Crippen LogP contribution in [0.3, 0.4) is 0 Å². The van der Waals surface area contributed by atoms with E-state index in [2.05, 4.69) is 10.1 Å². The van der Waals surface area contributed by atoms with Gasteiger partial charge in [-0.2, -0.15) is 18.4 Å². The van der Waals surface area contributed by atoms with Gasteiger partial charge in [0.15, 0.2) is 0 Å². The lowest BCUT2D eigenvalue weighted by atomic mass is 9.99. The molecule has 0 aliphatic carbocycles. The van der Waals surface area contributed by atoms with Crippen LogP contribution < -0.4 is 10.1 Å². The van der Waals surface area contributed by atoms with Gasteiger partial charge in [0.05, 0.1) is 22.7 Å². The zero-order chi connectivity index (χ0) is 19.1. The Morgan fingerprint density at radius 1 is 1.31 bits per heavy atom. The first-order valence-corrected chi connectivity index (χ1v) is 9.72. The molecule has 0 saturated carbocycles. The van der Waals surface area contributed by atoms with E-state index < -0.39 is 33.9 Å². The zero-order valence-electron chi connectivity index (χ0n) is 14.5. The number of piperidine rings is 1. The van der Waals surface area contributed by atoms with Crippen LogP contribution in [0.5, 0.6) is 0 Å². The number of hydrazine groups is 1. The second-order valence-electron chi connectivity index (χ2n) is 6.99. The molecule has 0 amide bonds. The Hall–Kier alpha value is -1.60. The van der Waals surface area contributed by atoms with Crippen LogP contribution >= 0.6 is 11.1 Å². The number of carbonyl (C=O) groups excluding carboxylic acids is 1. The summed E-state index contributed by atoms with van der Waals surface area (Å²) < 4.78 is 39.8. The summed E-state index contributed by atoms with van der Waals surface area (Å²) in [6, 6.07) is 5.27. The van der Waals surface area contributed by atoms with E-state index in [-0.39, 0.29) is 11.2 Å². The van der Waals surface area contributed by atoms with Gasteiger partial charge in [-0.15, -0.1) is 0 Å². The number of hydrogen-bond donors (Lipinski definition) is 3. The van der Waals surface area contributed by atoms with Gasteiger partial charge in [-0.1, -0.05) is 11.1 Å². The fourth-order valence-corrected chi connectivity index (χ4v) is 5.64. The monoisotopic (exact) mass is 386 g/mol. The molecule has 9 heteroatoms. The van der Waals surface area contributed by atoms with Crippen molar-refractivity contribution in [1.29, 1.82) is 5.26 Å². The lowest BCUT2D eigenvalue weighted by molar-refractivity contribution is -0.138. The average molecular weight is 386 g/mol. The minimum absolute atomic E-state index is 0.108. The van der Waals surface area contributed by atoms with E-state index in [0.717, 1.165) is 38.1 Å². The fraction of sp³-hybridized carbons (Fsp3) is 0.529. The Kier molecular flexibility index (Phi) is 5.05. The molecule has 5 nitrogen and oxygen atoms in total. The lowest BCUT2D eigenvalue weighted by Gasteiger charge is -2.38. The number of rotatable bonds is 2. The number of nitrogens with one attached hydrogen (secondary N) is 2. The third kappa shape index (κ3) is 3.34. The van der Waals surface area contributed by atoms with Gasteiger partial charge in [0, 0.05) is 10.9 Å². The van der Waals surface area contributed by atoms with Crippen molar-refractivity contribution < 1.29 is 18.0 Å². The van der Waals surface area contributed by atoms with Crippen molar-refractivity contribution >= 4 is 16.2 Å². The molecule has 1 atom stereocenters. The largest absolute Gasteiger partial charge is 0.417 e. The molecule has 3 rings (SSSR count). The summed E-state index contributed by atoms with van der Waals surface area (Å²) in [4.78, 5) is 16.5. The summed E-state index contributed by atoms with van der Waals surface area (Å²) in [7, 11) is 0. The quantitative estimate of drug-likeness (QED) is 0.682. The second kappa shape index (κ2) is 6.85. The topological polar surface area (TPSA) is 68.2 Å². The number of thiol groups is 1. The minimum Gasteiger partial charge on any atom is -0.317 e. The number of nitrogens with zero attached hydrogens (tertiary/aromatic N) is 2. The second-order valence-corrected chi connectivity index (χ2v) is 8.78. The third-order valence-electron chi connectivity index (χ3n) is 4.90. The first kappa shape index (κ1) is 19.2. The predicted octanol–water partition coefficient (Wildman–Crippen LogP) is 2.73. The van der Waals surface area contributed by atoms with Gasteiger partial charge in [-0.05, 0) is 58.0 Å². The molecule has 2 aliphatic rings. The van der Waals surface area contributed by atoms with Crippen molar-refractivity contribution in [3.8, 4) is 6.07 Å². The van der Waals surface area contributed by atoms with Crippen LogP contribution in [0.4, 0.5) is 13.2 Å². The minimum atomic E-state index is -4.64. The van der Waals surface area contributed by atoms with Gasteiger partial charge < -0.3 is 5.32 Å². The predicted molar refractivity (Wildman–Crippen MR) is 93.4 cm³/mol. The van der Waals surface area contributed by atoms with E-state index in [9.17, 15) is 18.0 Å². The number of alkyl halides is 3. The van der Waals surface area contributed by atoms with Crippen molar-refractivity contribution in [3.63, 3.8) is 0 Å². The van der Waals surface area contributed by atoms with Crippen LogP contribution in [0.2, 0.25) is 0 Å². The Labute approximate surface area is 153 Å².